The molecule has 0 amide bonds. The topological polar surface area (TPSA) is 96.1 Å². The van der Waals surface area contributed by atoms with Crippen LogP contribution in [0.5, 0.6) is 0 Å². The van der Waals surface area contributed by atoms with E-state index in [0.717, 1.165) is 68.0 Å². The van der Waals surface area contributed by atoms with E-state index in [1.807, 2.05) is 20.0 Å². The zero-order chi connectivity index (χ0) is 18.8. The summed E-state index contributed by atoms with van der Waals surface area (Å²) < 4.78 is 0. The van der Waals surface area contributed by atoms with Crippen LogP contribution < -0.4 is 20.9 Å². The van der Waals surface area contributed by atoms with Crippen LogP contribution in [-0.2, 0) is 0 Å². The summed E-state index contributed by atoms with van der Waals surface area (Å²) in [5.41, 5.74) is 7.03. The molecular formula is C19H28N8. The molecule has 2 aromatic heterocycles. The van der Waals surface area contributed by atoms with Crippen LogP contribution in [0.1, 0.15) is 43.1 Å². The number of piperidine rings is 1. The van der Waals surface area contributed by atoms with Gasteiger partial charge in [0.05, 0.1) is 5.69 Å². The molecule has 2 fully saturated rings. The van der Waals surface area contributed by atoms with E-state index in [0.29, 0.717) is 11.9 Å². The third-order valence-corrected chi connectivity index (χ3v) is 5.42. The summed E-state index contributed by atoms with van der Waals surface area (Å²) in [7, 11) is 1.84. The molecule has 2 saturated heterocycles. The Morgan fingerprint density at radius 1 is 0.963 bits per heavy atom. The average Bonchev–Trinajstić information content (AvgIpc) is 3.22. The zero-order valence-electron chi connectivity index (χ0n) is 16.1. The van der Waals surface area contributed by atoms with Crippen molar-refractivity contribution in [3.8, 4) is 0 Å². The molecule has 1 atom stereocenters. The molecule has 0 aliphatic carbocycles. The summed E-state index contributed by atoms with van der Waals surface area (Å²) >= 11 is 0. The number of nitrogens with two attached hydrogens (primary N) is 1. The fourth-order valence-electron chi connectivity index (χ4n) is 4.06. The Morgan fingerprint density at radius 2 is 1.70 bits per heavy atom. The summed E-state index contributed by atoms with van der Waals surface area (Å²) in [6, 6.07) is 4.15. The number of nitrogen functional groups attached to an aromatic ring is 1. The molecule has 0 aromatic carbocycles. The van der Waals surface area contributed by atoms with E-state index in [1.54, 1.807) is 0 Å². The van der Waals surface area contributed by atoms with Gasteiger partial charge in [-0.2, -0.15) is 9.97 Å². The van der Waals surface area contributed by atoms with E-state index in [2.05, 4.69) is 36.1 Å². The quantitative estimate of drug-likeness (QED) is 0.848. The van der Waals surface area contributed by atoms with Gasteiger partial charge >= 0.3 is 0 Å². The van der Waals surface area contributed by atoms with E-state index in [1.165, 1.54) is 12.8 Å². The molecule has 4 heterocycles. The number of aromatic nitrogens is 4. The number of hydrogen-bond acceptors (Lipinski definition) is 8. The standard InChI is InChI=1S/C19H28N8/c1-13-22-15(10-17(23-13)26-7-3-4-8-26)14-6-5-9-27(12-14)18-11-16(21-2)24-19(20)25-18/h10-11,14H,3-9,12H2,1-2H3,(H3,20,21,24,25). The van der Waals surface area contributed by atoms with Crippen LogP contribution in [0.3, 0.4) is 0 Å². The molecule has 0 radical (unpaired) electrons. The molecule has 8 heteroatoms. The van der Waals surface area contributed by atoms with Crippen molar-refractivity contribution in [2.45, 2.75) is 38.5 Å². The number of aryl methyl sites for hydroxylation is 1. The van der Waals surface area contributed by atoms with Crippen LogP contribution in [0.15, 0.2) is 12.1 Å². The number of nitrogens with one attached hydrogen (secondary N) is 1. The second-order valence-electron chi connectivity index (χ2n) is 7.40. The first kappa shape index (κ1) is 17.8. The van der Waals surface area contributed by atoms with Gasteiger partial charge < -0.3 is 20.9 Å². The minimum atomic E-state index is 0.299. The maximum atomic E-state index is 5.88. The third-order valence-electron chi connectivity index (χ3n) is 5.42. The lowest BCUT2D eigenvalue weighted by Crippen LogP contribution is -2.35. The van der Waals surface area contributed by atoms with Crippen molar-refractivity contribution in [2.75, 3.05) is 54.1 Å². The van der Waals surface area contributed by atoms with Gasteiger partial charge in [-0.25, -0.2) is 9.97 Å². The lowest BCUT2D eigenvalue weighted by Gasteiger charge is -2.33. The molecule has 144 valence electrons. The molecule has 0 saturated carbocycles. The minimum absolute atomic E-state index is 0.299. The van der Waals surface area contributed by atoms with E-state index in [9.17, 15) is 0 Å². The normalized spacial score (nSPS) is 20.1. The van der Waals surface area contributed by atoms with Crippen molar-refractivity contribution in [1.29, 1.82) is 0 Å². The van der Waals surface area contributed by atoms with Crippen molar-refractivity contribution in [3.05, 3.63) is 23.7 Å². The Morgan fingerprint density at radius 3 is 2.48 bits per heavy atom. The van der Waals surface area contributed by atoms with Crippen LogP contribution in [0, 0.1) is 6.92 Å². The van der Waals surface area contributed by atoms with Crippen LogP contribution in [0.25, 0.3) is 0 Å². The van der Waals surface area contributed by atoms with E-state index in [-0.39, 0.29) is 0 Å². The summed E-state index contributed by atoms with van der Waals surface area (Å²) in [4.78, 5) is 22.8. The third kappa shape index (κ3) is 3.89. The van der Waals surface area contributed by atoms with Crippen LogP contribution in [-0.4, -0.2) is 53.2 Å². The number of anilines is 4. The molecular weight excluding hydrogens is 340 g/mol. The Balaban J connectivity index is 1.57. The average molecular weight is 368 g/mol. The van der Waals surface area contributed by atoms with Gasteiger partial charge in [-0.15, -0.1) is 0 Å². The van der Waals surface area contributed by atoms with E-state index in [4.69, 9.17) is 10.7 Å². The fraction of sp³-hybridized carbons (Fsp3) is 0.579. The van der Waals surface area contributed by atoms with Crippen LogP contribution in [0.4, 0.5) is 23.4 Å². The maximum Gasteiger partial charge on any atom is 0.223 e. The molecule has 2 aliphatic heterocycles. The highest BCUT2D eigenvalue weighted by Gasteiger charge is 2.25. The molecule has 8 nitrogen and oxygen atoms in total. The highest BCUT2D eigenvalue weighted by molar-refractivity contribution is 5.53. The Labute approximate surface area is 160 Å². The lowest BCUT2D eigenvalue weighted by atomic mass is 9.94. The van der Waals surface area contributed by atoms with Gasteiger partial charge in [0.15, 0.2) is 0 Å². The summed E-state index contributed by atoms with van der Waals surface area (Å²) in [5, 5.41) is 3.05. The zero-order valence-corrected chi connectivity index (χ0v) is 16.1. The second-order valence-corrected chi connectivity index (χ2v) is 7.40. The van der Waals surface area contributed by atoms with Gasteiger partial charge in [-0.1, -0.05) is 0 Å². The van der Waals surface area contributed by atoms with Crippen molar-refractivity contribution in [1.82, 2.24) is 19.9 Å². The second kappa shape index (κ2) is 7.54. The monoisotopic (exact) mass is 368 g/mol. The molecule has 3 N–H and O–H groups in total. The number of hydrogen-bond donors (Lipinski definition) is 2. The first-order chi connectivity index (χ1) is 13.1. The Kier molecular flexibility index (Phi) is 4.96. The Bertz CT molecular complexity index is 802. The summed E-state index contributed by atoms with van der Waals surface area (Å²) in [5.74, 6) is 4.23. The van der Waals surface area contributed by atoms with E-state index < -0.39 is 0 Å². The number of nitrogens with zero attached hydrogens (tertiary/aromatic N) is 6. The molecule has 27 heavy (non-hydrogen) atoms. The molecule has 2 aliphatic rings. The predicted octanol–water partition coefficient (Wildman–Crippen LogP) is 2.18. The molecule has 0 spiro atoms. The minimum Gasteiger partial charge on any atom is -0.373 e. The smallest absolute Gasteiger partial charge is 0.223 e. The maximum absolute atomic E-state index is 5.88. The SMILES string of the molecule is CNc1cc(N2CCCC(c3cc(N4CCCC4)nc(C)n3)C2)nc(N)n1. The van der Waals surface area contributed by atoms with E-state index >= 15 is 0 Å². The lowest BCUT2D eigenvalue weighted by molar-refractivity contribution is 0.497. The van der Waals surface area contributed by atoms with Crippen LogP contribution >= 0.6 is 0 Å². The summed E-state index contributed by atoms with van der Waals surface area (Å²) in [6.07, 6.45) is 4.73. The van der Waals surface area contributed by atoms with Crippen molar-refractivity contribution < 1.29 is 0 Å². The fourth-order valence-corrected chi connectivity index (χ4v) is 4.06. The van der Waals surface area contributed by atoms with Gasteiger partial charge in [-0.3, -0.25) is 0 Å². The number of rotatable bonds is 4. The largest absolute Gasteiger partial charge is 0.373 e. The Hall–Kier alpha value is -2.64. The molecule has 1 unspecified atom stereocenters. The van der Waals surface area contributed by atoms with Crippen molar-refractivity contribution >= 4 is 23.4 Å². The van der Waals surface area contributed by atoms with Gasteiger partial charge in [-0.05, 0) is 32.6 Å². The first-order valence-electron chi connectivity index (χ1n) is 9.80. The van der Waals surface area contributed by atoms with Gasteiger partial charge in [0.2, 0.25) is 5.95 Å². The van der Waals surface area contributed by atoms with Gasteiger partial charge in [0.25, 0.3) is 0 Å². The van der Waals surface area contributed by atoms with Gasteiger partial charge in [0, 0.05) is 51.3 Å². The van der Waals surface area contributed by atoms with Crippen molar-refractivity contribution in [3.63, 3.8) is 0 Å². The van der Waals surface area contributed by atoms with Crippen LogP contribution in [0.2, 0.25) is 0 Å². The highest BCUT2D eigenvalue weighted by atomic mass is 15.2. The summed E-state index contributed by atoms with van der Waals surface area (Å²) in [6.45, 7) is 6.04. The molecule has 0 bridgehead atoms. The van der Waals surface area contributed by atoms with Gasteiger partial charge in [0.1, 0.15) is 23.3 Å². The predicted molar refractivity (Wildman–Crippen MR) is 108 cm³/mol. The molecule has 4 rings (SSSR count). The molecule has 2 aromatic rings. The first-order valence-corrected chi connectivity index (χ1v) is 9.80. The van der Waals surface area contributed by atoms with Crippen molar-refractivity contribution in [2.24, 2.45) is 0 Å². The highest BCUT2D eigenvalue weighted by Crippen LogP contribution is 2.31.